The maximum Gasteiger partial charge on any atom is 0.269 e. The quantitative estimate of drug-likeness (QED) is 0.207. The van der Waals surface area contributed by atoms with Gasteiger partial charge in [0, 0.05) is 12.7 Å². The minimum atomic E-state index is 0.122. The zero-order chi connectivity index (χ0) is 26.4. The molecule has 4 aromatic rings. The number of imidazole rings is 1. The lowest BCUT2D eigenvalue weighted by Crippen LogP contribution is -2.41. The van der Waals surface area contributed by atoms with E-state index in [-0.39, 0.29) is 10.8 Å². The summed E-state index contributed by atoms with van der Waals surface area (Å²) in [6, 6.07) is 18.5. The molecule has 0 N–H and O–H groups in total. The van der Waals surface area contributed by atoms with Crippen molar-refractivity contribution in [1.29, 1.82) is 0 Å². The number of hydrogen-bond acceptors (Lipinski definition) is 1. The normalized spacial score (nSPS) is 17.4. The molecule has 0 atom stereocenters. The minimum absolute atomic E-state index is 0.122. The van der Waals surface area contributed by atoms with Gasteiger partial charge in [-0.2, -0.15) is 0 Å². The number of hydrogen-bond donors (Lipinski definition) is 0. The van der Waals surface area contributed by atoms with Crippen molar-refractivity contribution in [3.05, 3.63) is 77.1 Å². The Morgan fingerprint density at radius 2 is 1.49 bits per heavy atom. The van der Waals surface area contributed by atoms with Gasteiger partial charge in [0.1, 0.15) is 5.52 Å². The predicted molar refractivity (Wildman–Crippen MR) is 155 cm³/mol. The Bertz CT molecular complexity index is 1520. The summed E-state index contributed by atoms with van der Waals surface area (Å²) < 4.78 is 4.61. The van der Waals surface area contributed by atoms with Crippen LogP contribution in [0.25, 0.3) is 22.4 Å². The van der Waals surface area contributed by atoms with E-state index in [1.165, 1.54) is 68.9 Å². The van der Waals surface area contributed by atoms with Crippen LogP contribution in [0.1, 0.15) is 102 Å². The second kappa shape index (κ2) is 7.96. The SMILES string of the molecule is CC(C)c1cc(C(C)C)cc(-n2[c-][n+]3c4c(cccc42)N(C)c2c-3ccc3c2C(C)(C)CCC3(C)C)c1. The third-order valence-electron chi connectivity index (χ3n) is 9.09. The highest BCUT2D eigenvalue weighted by atomic mass is 15.2. The summed E-state index contributed by atoms with van der Waals surface area (Å²) in [5, 5.41) is 0. The molecular weight excluding hydrogens is 450 g/mol. The molecular formula is C34H41N3. The van der Waals surface area contributed by atoms with Crippen LogP contribution in [0.5, 0.6) is 0 Å². The van der Waals surface area contributed by atoms with Gasteiger partial charge < -0.3 is 4.90 Å². The molecule has 6 rings (SSSR count). The highest BCUT2D eigenvalue weighted by molar-refractivity contribution is 5.94. The van der Waals surface area contributed by atoms with Crippen molar-refractivity contribution in [2.45, 2.75) is 90.9 Å². The third-order valence-corrected chi connectivity index (χ3v) is 9.09. The van der Waals surface area contributed by atoms with Gasteiger partial charge in [0.05, 0.1) is 22.6 Å². The summed E-state index contributed by atoms with van der Waals surface area (Å²) >= 11 is 0. The van der Waals surface area contributed by atoms with Gasteiger partial charge in [-0.15, -0.1) is 0 Å². The summed E-state index contributed by atoms with van der Waals surface area (Å²) in [5.74, 6) is 0.947. The third kappa shape index (κ3) is 3.50. The molecule has 0 fully saturated rings. The lowest BCUT2D eigenvalue weighted by atomic mass is 9.62. The molecule has 3 heteroatoms. The van der Waals surface area contributed by atoms with E-state index in [0.29, 0.717) is 11.8 Å². The van der Waals surface area contributed by atoms with E-state index < -0.39 is 0 Å². The van der Waals surface area contributed by atoms with Gasteiger partial charge >= 0.3 is 0 Å². The molecule has 2 heterocycles. The van der Waals surface area contributed by atoms with Crippen LogP contribution in [0, 0.1) is 6.33 Å². The van der Waals surface area contributed by atoms with Crippen LogP contribution < -0.4 is 9.47 Å². The summed E-state index contributed by atoms with van der Waals surface area (Å²) in [4.78, 5) is 2.45. The Balaban J connectivity index is 1.66. The number of nitrogens with zero attached hydrogens (tertiary/aromatic N) is 3. The molecule has 2 aliphatic rings. The van der Waals surface area contributed by atoms with E-state index in [2.05, 4.69) is 131 Å². The first-order valence-electron chi connectivity index (χ1n) is 14.0. The summed E-state index contributed by atoms with van der Waals surface area (Å²) in [7, 11) is 2.25. The van der Waals surface area contributed by atoms with Crippen molar-refractivity contribution in [2.24, 2.45) is 0 Å². The first-order valence-corrected chi connectivity index (χ1v) is 14.0. The van der Waals surface area contributed by atoms with Crippen LogP contribution in [0.3, 0.4) is 0 Å². The standard InChI is InChI=1S/C34H41N3/c1-21(2)23-17-24(22(3)4)19-25(18-23)36-20-37-29-14-13-26-30(34(7,8)16-15-33(26,5)6)32(29)35(9)27-11-10-12-28(36)31(27)37/h10-14,17-19,21-22H,15-16H2,1-9H3. The van der Waals surface area contributed by atoms with Crippen LogP contribution >= 0.6 is 0 Å². The van der Waals surface area contributed by atoms with Crippen LogP contribution in [0.4, 0.5) is 11.4 Å². The number of anilines is 2. The number of rotatable bonds is 3. The number of para-hydroxylation sites is 1. The maximum atomic E-state index is 3.82. The smallest absolute Gasteiger partial charge is 0.269 e. The molecule has 0 saturated carbocycles. The number of aromatic nitrogens is 2. The topological polar surface area (TPSA) is 12.0 Å². The van der Waals surface area contributed by atoms with E-state index in [9.17, 15) is 0 Å². The molecule has 1 aliphatic carbocycles. The van der Waals surface area contributed by atoms with Crippen LogP contribution in [0.15, 0.2) is 48.5 Å². The van der Waals surface area contributed by atoms with E-state index in [4.69, 9.17) is 0 Å². The first kappa shape index (κ1) is 24.3. The minimum Gasteiger partial charge on any atom is -0.350 e. The maximum absolute atomic E-state index is 3.82. The van der Waals surface area contributed by atoms with Crippen molar-refractivity contribution in [2.75, 3.05) is 11.9 Å². The lowest BCUT2D eigenvalue weighted by molar-refractivity contribution is -0.572. The Morgan fingerprint density at radius 3 is 2.14 bits per heavy atom. The highest BCUT2D eigenvalue weighted by Gasteiger charge is 2.41. The molecule has 0 amide bonds. The summed E-state index contributed by atoms with van der Waals surface area (Å²) in [6.45, 7) is 18.8. The molecule has 1 aliphatic heterocycles. The zero-order valence-electron chi connectivity index (χ0n) is 24.0. The van der Waals surface area contributed by atoms with E-state index in [0.717, 1.165) is 0 Å². The van der Waals surface area contributed by atoms with Crippen molar-refractivity contribution in [3.8, 4) is 11.4 Å². The highest BCUT2D eigenvalue weighted by Crippen LogP contribution is 2.52. The second-order valence-corrected chi connectivity index (χ2v) is 13.3. The van der Waals surface area contributed by atoms with Gasteiger partial charge in [-0.25, -0.2) is 0 Å². The molecule has 0 spiro atoms. The monoisotopic (exact) mass is 491 g/mol. The predicted octanol–water partition coefficient (Wildman–Crippen LogP) is 8.38. The van der Waals surface area contributed by atoms with Gasteiger partial charge in [0.2, 0.25) is 0 Å². The molecule has 0 bridgehead atoms. The fourth-order valence-corrected chi connectivity index (χ4v) is 6.58. The van der Waals surface area contributed by atoms with Gasteiger partial charge in [-0.05, 0) is 82.0 Å². The van der Waals surface area contributed by atoms with E-state index >= 15 is 0 Å². The Morgan fingerprint density at radius 1 is 0.838 bits per heavy atom. The lowest BCUT2D eigenvalue weighted by Gasteiger charge is -2.45. The molecule has 192 valence electrons. The van der Waals surface area contributed by atoms with Gasteiger partial charge in [-0.3, -0.25) is 9.13 Å². The van der Waals surface area contributed by atoms with Crippen molar-refractivity contribution < 1.29 is 4.57 Å². The number of fused-ring (bicyclic) bond motifs is 4. The average Bonchev–Trinajstić information content (AvgIpc) is 3.25. The average molecular weight is 492 g/mol. The fourth-order valence-electron chi connectivity index (χ4n) is 6.58. The van der Waals surface area contributed by atoms with Crippen molar-refractivity contribution >= 4 is 22.4 Å². The van der Waals surface area contributed by atoms with E-state index in [1.54, 1.807) is 0 Å². The molecule has 0 unspecified atom stereocenters. The summed E-state index contributed by atoms with van der Waals surface area (Å²) in [6.07, 6.45) is 6.24. The van der Waals surface area contributed by atoms with Crippen LogP contribution in [-0.2, 0) is 10.8 Å². The molecule has 0 saturated heterocycles. The van der Waals surface area contributed by atoms with Gasteiger partial charge in [0.25, 0.3) is 6.33 Å². The largest absolute Gasteiger partial charge is 0.350 e. The molecule has 3 nitrogen and oxygen atoms in total. The van der Waals surface area contributed by atoms with Gasteiger partial charge in [-0.1, -0.05) is 79.7 Å². The zero-order valence-corrected chi connectivity index (χ0v) is 24.0. The van der Waals surface area contributed by atoms with Crippen molar-refractivity contribution in [3.63, 3.8) is 0 Å². The molecule has 37 heavy (non-hydrogen) atoms. The van der Waals surface area contributed by atoms with Gasteiger partial charge in [0.15, 0.2) is 0 Å². The second-order valence-electron chi connectivity index (χ2n) is 13.3. The van der Waals surface area contributed by atoms with E-state index in [1.807, 2.05) is 0 Å². The Hall–Kier alpha value is -3.07. The van der Waals surface area contributed by atoms with Crippen LogP contribution in [0.2, 0.25) is 0 Å². The fraction of sp³-hybridized carbons (Fsp3) is 0.441. The Kier molecular flexibility index (Phi) is 5.23. The molecule has 1 aromatic heterocycles. The first-order chi connectivity index (χ1) is 17.4. The molecule has 3 aromatic carbocycles. The summed E-state index contributed by atoms with van der Waals surface area (Å²) in [5.41, 5.74) is 13.5. The van der Waals surface area contributed by atoms with Crippen LogP contribution in [-0.4, -0.2) is 11.6 Å². The number of benzene rings is 3. The van der Waals surface area contributed by atoms with Crippen molar-refractivity contribution in [1.82, 2.24) is 4.57 Å². The molecule has 0 radical (unpaired) electrons. The Labute approximate surface area is 222 Å².